The van der Waals surface area contributed by atoms with E-state index in [2.05, 4.69) is 15.6 Å². The lowest BCUT2D eigenvalue weighted by molar-refractivity contribution is -0.135. The van der Waals surface area contributed by atoms with Crippen LogP contribution in [0.2, 0.25) is 10.0 Å². The van der Waals surface area contributed by atoms with Crippen molar-refractivity contribution in [2.24, 2.45) is 0 Å². The molecule has 2 aromatic heterocycles. The molecule has 10 nitrogen and oxygen atoms in total. The normalized spacial score (nSPS) is 18.1. The zero-order chi connectivity index (χ0) is 35.9. The molecule has 0 radical (unpaired) electrons. The summed E-state index contributed by atoms with van der Waals surface area (Å²) in [6, 6.07) is 18.2. The molecule has 4 aromatic rings. The van der Waals surface area contributed by atoms with Crippen molar-refractivity contribution in [2.75, 3.05) is 33.9 Å². The number of methoxy groups -OCH3 is 2. The highest BCUT2D eigenvalue weighted by Gasteiger charge is 2.24. The number of aliphatic hydroxyl groups excluding tert-OH is 2. The minimum Gasteiger partial charge on any atom is -0.496 e. The van der Waals surface area contributed by atoms with Crippen molar-refractivity contribution in [1.82, 2.24) is 25.5 Å². The third-order valence-corrected chi connectivity index (χ3v) is 10.8. The van der Waals surface area contributed by atoms with Crippen molar-refractivity contribution in [3.05, 3.63) is 82.0 Å². The SMILES string of the molecule is COc1cc(-c2nccc(-c3cccc(-c4ccc(CNC5CCN(C(=O)CO)CC5)c(OC)n4)c3Cl)c2Cl)ccc1CNC1CCC(O)CC1. The van der Waals surface area contributed by atoms with Gasteiger partial charge in [-0.3, -0.25) is 9.78 Å². The number of halogens is 2. The van der Waals surface area contributed by atoms with E-state index in [-0.39, 0.29) is 18.1 Å². The van der Waals surface area contributed by atoms with Gasteiger partial charge in [0, 0.05) is 77.8 Å². The fourth-order valence-corrected chi connectivity index (χ4v) is 7.63. The smallest absolute Gasteiger partial charge is 0.248 e. The molecule has 1 aliphatic heterocycles. The summed E-state index contributed by atoms with van der Waals surface area (Å²) in [5.74, 6) is 1.03. The molecule has 4 N–H and O–H groups in total. The monoisotopic (exact) mass is 733 g/mol. The van der Waals surface area contributed by atoms with E-state index < -0.39 is 6.61 Å². The van der Waals surface area contributed by atoms with Gasteiger partial charge in [-0.1, -0.05) is 59.6 Å². The van der Waals surface area contributed by atoms with Crippen molar-refractivity contribution in [3.8, 4) is 45.3 Å². The van der Waals surface area contributed by atoms with Gasteiger partial charge in [-0.15, -0.1) is 0 Å². The number of nitrogens with zero attached hydrogens (tertiary/aromatic N) is 3. The van der Waals surface area contributed by atoms with Crippen molar-refractivity contribution < 1.29 is 24.5 Å². The van der Waals surface area contributed by atoms with Crippen LogP contribution in [-0.2, 0) is 17.9 Å². The lowest BCUT2D eigenvalue weighted by Crippen LogP contribution is -2.45. The topological polar surface area (TPSA) is 129 Å². The van der Waals surface area contributed by atoms with E-state index in [1.165, 1.54) is 0 Å². The molecule has 2 aromatic carbocycles. The molecule has 1 saturated carbocycles. The highest BCUT2D eigenvalue weighted by Crippen LogP contribution is 2.42. The second kappa shape index (κ2) is 17.2. The second-order valence-corrected chi connectivity index (χ2v) is 13.9. The molecule has 270 valence electrons. The molecule has 0 bridgehead atoms. The number of carbonyl (C=O) groups is 1. The zero-order valence-electron chi connectivity index (χ0n) is 29.0. The zero-order valence-corrected chi connectivity index (χ0v) is 30.5. The molecule has 1 amide bonds. The van der Waals surface area contributed by atoms with Crippen LogP contribution in [0.15, 0.2) is 60.8 Å². The molecule has 2 fully saturated rings. The van der Waals surface area contributed by atoms with Gasteiger partial charge in [0.1, 0.15) is 12.4 Å². The summed E-state index contributed by atoms with van der Waals surface area (Å²) in [6.07, 6.45) is 6.75. The number of nitrogens with one attached hydrogen (secondary N) is 2. The first-order valence-electron chi connectivity index (χ1n) is 17.5. The van der Waals surface area contributed by atoms with Crippen LogP contribution in [0.3, 0.4) is 0 Å². The van der Waals surface area contributed by atoms with Gasteiger partial charge in [0.25, 0.3) is 0 Å². The van der Waals surface area contributed by atoms with Crippen molar-refractivity contribution >= 4 is 29.1 Å². The van der Waals surface area contributed by atoms with Crippen LogP contribution < -0.4 is 20.1 Å². The Hall–Kier alpha value is -3.77. The summed E-state index contributed by atoms with van der Waals surface area (Å²) in [5.41, 5.74) is 6.32. The van der Waals surface area contributed by atoms with Crippen molar-refractivity contribution in [2.45, 2.75) is 69.8 Å². The number of carbonyl (C=O) groups excluding carboxylic acids is 1. The molecule has 0 atom stereocenters. The van der Waals surface area contributed by atoms with Crippen LogP contribution in [0, 0.1) is 0 Å². The first-order chi connectivity index (χ1) is 24.8. The predicted molar refractivity (Wildman–Crippen MR) is 200 cm³/mol. The molecule has 12 heteroatoms. The highest BCUT2D eigenvalue weighted by atomic mass is 35.5. The van der Waals surface area contributed by atoms with E-state index in [4.69, 9.17) is 42.8 Å². The summed E-state index contributed by atoms with van der Waals surface area (Å²) in [7, 11) is 3.27. The number of piperidine rings is 1. The average molecular weight is 735 g/mol. The Morgan fingerprint density at radius 1 is 0.843 bits per heavy atom. The molecule has 51 heavy (non-hydrogen) atoms. The van der Waals surface area contributed by atoms with Crippen LogP contribution in [-0.4, -0.2) is 83.1 Å². The third-order valence-electron chi connectivity index (χ3n) is 9.99. The number of aromatic nitrogens is 2. The molecule has 0 unspecified atom stereocenters. The fraction of sp³-hybridized carbons (Fsp3) is 0.410. The summed E-state index contributed by atoms with van der Waals surface area (Å²) >= 11 is 14.2. The summed E-state index contributed by atoms with van der Waals surface area (Å²) < 4.78 is 11.5. The number of rotatable bonds is 12. The van der Waals surface area contributed by atoms with E-state index in [0.717, 1.165) is 77.7 Å². The first-order valence-corrected chi connectivity index (χ1v) is 18.2. The number of pyridine rings is 2. The van der Waals surface area contributed by atoms with E-state index in [9.17, 15) is 9.90 Å². The minimum atomic E-state index is -0.450. The number of hydrogen-bond acceptors (Lipinski definition) is 9. The molecule has 6 rings (SSSR count). The standard InChI is InChI=1S/C39H45Cl2N5O5/c1-50-34-20-24(6-7-25(34)21-43-27-9-11-29(48)12-10-27)38-37(41)31(14-17-42-38)30-4-3-5-32(36(30)40)33-13-8-26(39(45-33)51-2)22-44-28-15-18-46(19-16-28)35(49)23-47/h3-8,13-14,17,20,27-29,43-44,47-48H,9-12,15-16,18-19,21-23H2,1-2H3. The maximum absolute atomic E-state index is 11.8. The van der Waals surface area contributed by atoms with Crippen LogP contribution >= 0.6 is 23.2 Å². The average Bonchev–Trinajstić information content (AvgIpc) is 3.17. The molecule has 2 aliphatic rings. The highest BCUT2D eigenvalue weighted by molar-refractivity contribution is 6.39. The fourth-order valence-electron chi connectivity index (χ4n) is 6.98. The van der Waals surface area contributed by atoms with Crippen molar-refractivity contribution in [3.63, 3.8) is 0 Å². The minimum absolute atomic E-state index is 0.183. The number of hydrogen-bond donors (Lipinski definition) is 4. The van der Waals surface area contributed by atoms with Gasteiger partial charge in [0.15, 0.2) is 0 Å². The first kappa shape index (κ1) is 37.0. The Kier molecular flexibility index (Phi) is 12.5. The Bertz CT molecular complexity index is 1830. The largest absolute Gasteiger partial charge is 0.496 e. The maximum Gasteiger partial charge on any atom is 0.248 e. The number of aliphatic hydroxyl groups is 2. The van der Waals surface area contributed by atoms with Gasteiger partial charge in [-0.2, -0.15) is 0 Å². The number of ether oxygens (including phenoxy) is 2. The van der Waals surface area contributed by atoms with Crippen LogP contribution in [0.5, 0.6) is 11.6 Å². The summed E-state index contributed by atoms with van der Waals surface area (Å²) in [4.78, 5) is 23.0. The number of benzene rings is 2. The van der Waals surface area contributed by atoms with Gasteiger partial charge in [-0.25, -0.2) is 4.98 Å². The second-order valence-electron chi connectivity index (χ2n) is 13.2. The van der Waals surface area contributed by atoms with Crippen molar-refractivity contribution in [1.29, 1.82) is 0 Å². The van der Waals surface area contributed by atoms with E-state index >= 15 is 0 Å². The van der Waals surface area contributed by atoms with E-state index in [1.54, 1.807) is 25.3 Å². The Morgan fingerprint density at radius 2 is 1.51 bits per heavy atom. The lowest BCUT2D eigenvalue weighted by atomic mass is 9.93. The molecule has 1 aliphatic carbocycles. The molecule has 0 spiro atoms. The maximum atomic E-state index is 11.8. The van der Waals surface area contributed by atoms with E-state index in [1.807, 2.05) is 54.6 Å². The van der Waals surface area contributed by atoms with Gasteiger partial charge in [0.05, 0.1) is 41.8 Å². The molecule has 3 heterocycles. The summed E-state index contributed by atoms with van der Waals surface area (Å²) in [5, 5.41) is 27.1. The number of amides is 1. The Balaban J connectivity index is 1.18. The van der Waals surface area contributed by atoms with Gasteiger partial charge >= 0.3 is 0 Å². The third kappa shape index (κ3) is 8.65. The van der Waals surface area contributed by atoms with Crippen LogP contribution in [0.4, 0.5) is 0 Å². The lowest BCUT2D eigenvalue weighted by Gasteiger charge is -2.32. The van der Waals surface area contributed by atoms with Gasteiger partial charge in [0.2, 0.25) is 11.8 Å². The Labute approximate surface area is 309 Å². The Morgan fingerprint density at radius 3 is 2.22 bits per heavy atom. The van der Waals surface area contributed by atoms with Crippen LogP contribution in [0.25, 0.3) is 33.6 Å². The predicted octanol–water partition coefficient (Wildman–Crippen LogP) is 6.27. The number of likely N-dealkylation sites (tertiary alicyclic amines) is 1. The van der Waals surface area contributed by atoms with Gasteiger partial charge in [-0.05, 0) is 56.7 Å². The van der Waals surface area contributed by atoms with E-state index in [0.29, 0.717) is 59.5 Å². The van der Waals surface area contributed by atoms with Gasteiger partial charge < -0.3 is 35.2 Å². The summed E-state index contributed by atoms with van der Waals surface area (Å²) in [6.45, 7) is 2.02. The molecule has 1 saturated heterocycles. The molecular weight excluding hydrogens is 689 g/mol. The van der Waals surface area contributed by atoms with Crippen LogP contribution in [0.1, 0.15) is 49.7 Å². The quantitative estimate of drug-likeness (QED) is 0.133. The molecular formula is C39H45Cl2N5O5.